The first-order valence-electron chi connectivity index (χ1n) is 5.88. The Kier molecular flexibility index (Phi) is 4.64. The molecule has 0 fully saturated rings. The predicted molar refractivity (Wildman–Crippen MR) is 70.6 cm³/mol. The van der Waals surface area contributed by atoms with Gasteiger partial charge in [-0.1, -0.05) is 5.16 Å². The number of carbonyl (C=O) groups excluding carboxylic acids is 1. The summed E-state index contributed by atoms with van der Waals surface area (Å²) in [5.74, 6) is 0.792. The van der Waals surface area contributed by atoms with Crippen LogP contribution >= 0.6 is 11.3 Å². The van der Waals surface area contributed by atoms with E-state index in [0.717, 1.165) is 5.56 Å². The number of hydrogen-bond donors (Lipinski definition) is 0. The molecule has 0 spiro atoms. The lowest BCUT2D eigenvalue weighted by atomic mass is 10.3. The number of hydrogen-bond acceptors (Lipinski definition) is 7. The molecule has 7 heteroatoms. The zero-order chi connectivity index (χ0) is 13.7. The Morgan fingerprint density at radius 3 is 3.11 bits per heavy atom. The van der Waals surface area contributed by atoms with E-state index in [4.69, 9.17) is 9.26 Å². The molecular formula is C12H15N3O3S. The second kappa shape index (κ2) is 6.44. The molecule has 0 aliphatic rings. The minimum atomic E-state index is -0.258. The second-order valence-electron chi connectivity index (χ2n) is 4.01. The normalized spacial score (nSPS) is 10.9. The van der Waals surface area contributed by atoms with Crippen LogP contribution in [-0.2, 0) is 16.1 Å². The molecule has 2 aromatic heterocycles. The van der Waals surface area contributed by atoms with Crippen molar-refractivity contribution < 1.29 is 14.1 Å². The molecular weight excluding hydrogens is 266 g/mol. The van der Waals surface area contributed by atoms with Crippen LogP contribution in [0.15, 0.2) is 21.3 Å². The van der Waals surface area contributed by atoms with Gasteiger partial charge in [0.15, 0.2) is 5.82 Å². The molecule has 0 radical (unpaired) electrons. The van der Waals surface area contributed by atoms with Crippen LogP contribution in [0.1, 0.15) is 12.7 Å². The highest BCUT2D eigenvalue weighted by Gasteiger charge is 2.13. The van der Waals surface area contributed by atoms with Gasteiger partial charge in [0.25, 0.3) is 5.89 Å². The van der Waals surface area contributed by atoms with Crippen molar-refractivity contribution >= 4 is 17.3 Å². The Morgan fingerprint density at radius 2 is 2.42 bits per heavy atom. The van der Waals surface area contributed by atoms with Gasteiger partial charge in [0.05, 0.1) is 25.3 Å². The molecule has 0 atom stereocenters. The Hall–Kier alpha value is -1.73. The first-order valence-corrected chi connectivity index (χ1v) is 6.82. The largest absolute Gasteiger partial charge is 0.465 e. The molecule has 0 saturated heterocycles. The summed E-state index contributed by atoms with van der Waals surface area (Å²) in [6.45, 7) is 2.81. The highest BCUT2D eigenvalue weighted by atomic mass is 32.1. The summed E-state index contributed by atoms with van der Waals surface area (Å²) in [7, 11) is 1.80. The van der Waals surface area contributed by atoms with E-state index >= 15 is 0 Å². The zero-order valence-corrected chi connectivity index (χ0v) is 11.6. The summed E-state index contributed by atoms with van der Waals surface area (Å²) < 4.78 is 10.0. The van der Waals surface area contributed by atoms with Crippen LogP contribution in [0, 0.1) is 0 Å². The van der Waals surface area contributed by atoms with Crippen LogP contribution in [0.25, 0.3) is 11.5 Å². The lowest BCUT2D eigenvalue weighted by Crippen LogP contribution is -2.27. The zero-order valence-electron chi connectivity index (χ0n) is 10.8. The molecule has 19 heavy (non-hydrogen) atoms. The molecule has 0 aromatic carbocycles. The summed E-state index contributed by atoms with van der Waals surface area (Å²) >= 11 is 1.57. The van der Waals surface area contributed by atoms with Crippen LogP contribution < -0.4 is 0 Å². The van der Waals surface area contributed by atoms with Crippen molar-refractivity contribution in [2.24, 2.45) is 0 Å². The van der Waals surface area contributed by atoms with Gasteiger partial charge in [0.2, 0.25) is 0 Å². The van der Waals surface area contributed by atoms with Crippen LogP contribution in [0.4, 0.5) is 0 Å². The number of nitrogens with zero attached hydrogens (tertiary/aromatic N) is 3. The highest BCUT2D eigenvalue weighted by molar-refractivity contribution is 7.08. The molecule has 0 unspecified atom stereocenters. The number of thiophene rings is 1. The summed E-state index contributed by atoms with van der Waals surface area (Å²) in [4.78, 5) is 17.4. The third kappa shape index (κ3) is 3.87. The monoisotopic (exact) mass is 281 g/mol. The van der Waals surface area contributed by atoms with Crippen molar-refractivity contribution in [2.45, 2.75) is 13.5 Å². The van der Waals surface area contributed by atoms with Gasteiger partial charge in [-0.25, -0.2) is 0 Å². The van der Waals surface area contributed by atoms with Gasteiger partial charge in [-0.2, -0.15) is 16.3 Å². The average molecular weight is 281 g/mol. The van der Waals surface area contributed by atoms with E-state index in [9.17, 15) is 4.79 Å². The van der Waals surface area contributed by atoms with Gasteiger partial charge in [0, 0.05) is 5.38 Å². The lowest BCUT2D eigenvalue weighted by molar-refractivity contribution is -0.144. The summed E-state index contributed by atoms with van der Waals surface area (Å²) in [5, 5.41) is 7.78. The van der Waals surface area contributed by atoms with Gasteiger partial charge in [0.1, 0.15) is 0 Å². The maximum Gasteiger partial charge on any atom is 0.320 e. The van der Waals surface area contributed by atoms with Crippen molar-refractivity contribution in [3.8, 4) is 11.5 Å². The van der Waals surface area contributed by atoms with Crippen molar-refractivity contribution in [3.05, 3.63) is 22.7 Å². The van der Waals surface area contributed by atoms with Crippen molar-refractivity contribution in [3.63, 3.8) is 0 Å². The van der Waals surface area contributed by atoms with E-state index < -0.39 is 0 Å². The highest BCUT2D eigenvalue weighted by Crippen LogP contribution is 2.19. The van der Waals surface area contributed by atoms with Crippen molar-refractivity contribution in [1.82, 2.24) is 15.0 Å². The molecule has 0 amide bonds. The lowest BCUT2D eigenvalue weighted by Gasteiger charge is -2.12. The molecule has 0 aliphatic carbocycles. The average Bonchev–Trinajstić information content (AvgIpc) is 2.98. The molecule has 6 nitrogen and oxygen atoms in total. The standard InChI is InChI=1S/C12H15N3O3S/c1-3-17-11(16)7-15(2)6-10-13-12(18-14-10)9-4-5-19-8-9/h4-5,8H,3,6-7H2,1-2H3. The number of esters is 1. The smallest absolute Gasteiger partial charge is 0.320 e. The number of ether oxygens (including phenoxy) is 1. The van der Waals surface area contributed by atoms with Gasteiger partial charge in [-0.15, -0.1) is 0 Å². The molecule has 0 aliphatic heterocycles. The Bertz CT molecular complexity index is 524. The summed E-state index contributed by atoms with van der Waals surface area (Å²) in [5.41, 5.74) is 0.914. The van der Waals surface area contributed by atoms with E-state index in [1.807, 2.05) is 16.8 Å². The third-order valence-corrected chi connectivity index (χ3v) is 3.04. The predicted octanol–water partition coefficient (Wildman–Crippen LogP) is 1.79. The topological polar surface area (TPSA) is 68.5 Å². The Balaban J connectivity index is 1.91. The number of aromatic nitrogens is 2. The summed E-state index contributed by atoms with van der Waals surface area (Å²) in [6, 6.07) is 1.92. The second-order valence-corrected chi connectivity index (χ2v) is 4.79. The summed E-state index contributed by atoms with van der Waals surface area (Å²) in [6.07, 6.45) is 0. The van der Waals surface area contributed by atoms with E-state index in [-0.39, 0.29) is 12.5 Å². The number of rotatable bonds is 6. The van der Waals surface area contributed by atoms with Gasteiger partial charge in [-0.05, 0) is 25.4 Å². The van der Waals surface area contributed by atoms with Gasteiger partial charge in [-0.3, -0.25) is 9.69 Å². The van der Waals surface area contributed by atoms with Crippen LogP contribution in [0.2, 0.25) is 0 Å². The molecule has 2 rings (SSSR count). The minimum absolute atomic E-state index is 0.205. The molecule has 0 bridgehead atoms. The van der Waals surface area contributed by atoms with Crippen molar-refractivity contribution in [1.29, 1.82) is 0 Å². The first kappa shape index (κ1) is 13.7. The van der Waals surface area contributed by atoms with E-state index in [1.54, 1.807) is 30.2 Å². The molecule has 0 N–H and O–H groups in total. The quantitative estimate of drug-likeness (QED) is 0.752. The Morgan fingerprint density at radius 1 is 1.58 bits per heavy atom. The molecule has 0 saturated carbocycles. The van der Waals surface area contributed by atoms with Crippen molar-refractivity contribution in [2.75, 3.05) is 20.2 Å². The molecule has 2 heterocycles. The third-order valence-electron chi connectivity index (χ3n) is 2.35. The van der Waals surface area contributed by atoms with Gasteiger partial charge < -0.3 is 9.26 Å². The van der Waals surface area contributed by atoms with Gasteiger partial charge >= 0.3 is 5.97 Å². The molecule has 2 aromatic rings. The minimum Gasteiger partial charge on any atom is -0.465 e. The van der Waals surface area contributed by atoms with Crippen LogP contribution in [-0.4, -0.2) is 41.2 Å². The fraction of sp³-hybridized carbons (Fsp3) is 0.417. The maximum atomic E-state index is 11.3. The molecule has 102 valence electrons. The maximum absolute atomic E-state index is 11.3. The SMILES string of the molecule is CCOC(=O)CN(C)Cc1noc(-c2ccsc2)n1. The first-order chi connectivity index (χ1) is 9.19. The Labute approximate surface area is 115 Å². The van der Waals surface area contributed by atoms with E-state index in [1.165, 1.54) is 0 Å². The number of likely N-dealkylation sites (N-methyl/N-ethyl adjacent to an activating group) is 1. The van der Waals surface area contributed by atoms with Crippen LogP contribution in [0.5, 0.6) is 0 Å². The number of carbonyl (C=O) groups is 1. The van der Waals surface area contributed by atoms with E-state index in [2.05, 4.69) is 10.1 Å². The fourth-order valence-electron chi connectivity index (χ4n) is 1.55. The van der Waals surface area contributed by atoms with E-state index in [0.29, 0.717) is 24.9 Å². The fourth-order valence-corrected chi connectivity index (χ4v) is 2.18. The van der Waals surface area contributed by atoms with Crippen LogP contribution in [0.3, 0.4) is 0 Å².